The van der Waals surface area contributed by atoms with E-state index in [1.54, 1.807) is 28.8 Å². The summed E-state index contributed by atoms with van der Waals surface area (Å²) in [7, 11) is 0. The molecule has 1 fully saturated rings. The van der Waals surface area contributed by atoms with Gasteiger partial charge in [-0.05, 0) is 12.8 Å². The Kier molecular flexibility index (Phi) is 6.70. The maximum Gasteiger partial charge on any atom is 0.305 e. The van der Waals surface area contributed by atoms with E-state index in [0.29, 0.717) is 25.1 Å². The Labute approximate surface area is 118 Å². The Balaban J connectivity index is 2.76. The normalized spacial score (nSPS) is 19.2. The summed E-state index contributed by atoms with van der Waals surface area (Å²) in [5.74, 6) is 0.596. The van der Waals surface area contributed by atoms with Crippen LogP contribution < -0.4 is 0 Å². The van der Waals surface area contributed by atoms with E-state index in [0.717, 1.165) is 5.75 Å². The minimum atomic E-state index is -0.853. The molecular weight excluding hydrogens is 262 g/mol. The molecule has 5 heteroatoms. The van der Waals surface area contributed by atoms with Gasteiger partial charge in [-0.15, -0.1) is 13.2 Å². The van der Waals surface area contributed by atoms with Crippen molar-refractivity contribution in [1.29, 1.82) is 0 Å². The van der Waals surface area contributed by atoms with E-state index in [4.69, 9.17) is 5.11 Å². The molecule has 1 aliphatic heterocycles. The van der Waals surface area contributed by atoms with Crippen LogP contribution in [0.25, 0.3) is 0 Å². The number of carbonyl (C=O) groups is 2. The lowest BCUT2D eigenvalue weighted by molar-refractivity contribution is -0.142. The van der Waals surface area contributed by atoms with Crippen LogP contribution in [0.3, 0.4) is 0 Å². The Bertz CT molecular complexity index is 347. The van der Waals surface area contributed by atoms with Gasteiger partial charge in [0.05, 0.1) is 12.5 Å². The number of thioether (sulfide) groups is 1. The van der Waals surface area contributed by atoms with Crippen molar-refractivity contribution in [2.45, 2.75) is 25.3 Å². The number of carbonyl (C=O) groups excluding carboxylic acids is 1. The summed E-state index contributed by atoms with van der Waals surface area (Å²) >= 11 is 1.71. The van der Waals surface area contributed by atoms with E-state index in [9.17, 15) is 9.59 Å². The van der Waals surface area contributed by atoms with Crippen LogP contribution in [0.4, 0.5) is 0 Å². The zero-order chi connectivity index (χ0) is 14.3. The standard InChI is InChI=1S/C14H21NO3S/c1-3-5-11(6-4-2)14(18)15-7-8-19-10-12(15)9-13(16)17/h3-4,11-12H,1-2,5-10H2,(H,16,17). The maximum atomic E-state index is 12.5. The predicted octanol–water partition coefficient (Wildman–Crippen LogP) is 2.17. The summed E-state index contributed by atoms with van der Waals surface area (Å²) in [6, 6.07) is -0.194. The largest absolute Gasteiger partial charge is 0.481 e. The van der Waals surface area contributed by atoms with Crippen molar-refractivity contribution < 1.29 is 14.7 Å². The highest BCUT2D eigenvalue weighted by Gasteiger charge is 2.31. The quantitative estimate of drug-likeness (QED) is 0.728. The number of amides is 1. The van der Waals surface area contributed by atoms with Crippen molar-refractivity contribution >= 4 is 23.6 Å². The van der Waals surface area contributed by atoms with Crippen molar-refractivity contribution in [3.63, 3.8) is 0 Å². The molecule has 1 amide bonds. The first-order valence-electron chi connectivity index (χ1n) is 6.42. The fourth-order valence-corrected chi connectivity index (χ4v) is 3.31. The average Bonchev–Trinajstić information content (AvgIpc) is 2.38. The molecule has 0 bridgehead atoms. The minimum absolute atomic E-state index is 0.0215. The third-order valence-corrected chi connectivity index (χ3v) is 4.26. The summed E-state index contributed by atoms with van der Waals surface area (Å²) in [5, 5.41) is 8.93. The monoisotopic (exact) mass is 283 g/mol. The van der Waals surface area contributed by atoms with Crippen molar-refractivity contribution in [3.8, 4) is 0 Å². The Morgan fingerprint density at radius 3 is 2.53 bits per heavy atom. The predicted molar refractivity (Wildman–Crippen MR) is 78.2 cm³/mol. The Hall–Kier alpha value is -1.23. The summed E-state index contributed by atoms with van der Waals surface area (Å²) < 4.78 is 0. The lowest BCUT2D eigenvalue weighted by Crippen LogP contribution is -2.49. The van der Waals surface area contributed by atoms with Gasteiger partial charge in [0, 0.05) is 24.0 Å². The highest BCUT2D eigenvalue weighted by molar-refractivity contribution is 7.99. The van der Waals surface area contributed by atoms with Gasteiger partial charge >= 0.3 is 5.97 Å². The molecule has 0 radical (unpaired) electrons. The molecular formula is C14H21NO3S. The van der Waals surface area contributed by atoms with Crippen LogP contribution in [0.5, 0.6) is 0 Å². The van der Waals surface area contributed by atoms with Gasteiger partial charge in [-0.1, -0.05) is 12.2 Å². The Morgan fingerprint density at radius 1 is 1.37 bits per heavy atom. The summed E-state index contributed by atoms with van der Waals surface area (Å²) in [4.78, 5) is 25.1. The SMILES string of the molecule is C=CCC(CC=C)C(=O)N1CCSCC1CC(=O)O. The van der Waals surface area contributed by atoms with Gasteiger partial charge in [0.15, 0.2) is 0 Å². The third-order valence-electron chi connectivity index (χ3n) is 3.17. The van der Waals surface area contributed by atoms with Gasteiger partial charge in [0.1, 0.15) is 0 Å². The van der Waals surface area contributed by atoms with Crippen molar-refractivity contribution in [2.75, 3.05) is 18.1 Å². The first-order chi connectivity index (χ1) is 9.10. The molecule has 0 aromatic rings. The van der Waals surface area contributed by atoms with E-state index in [-0.39, 0.29) is 24.3 Å². The number of carboxylic acid groups (broad SMARTS) is 1. The number of hydrogen-bond acceptors (Lipinski definition) is 3. The van der Waals surface area contributed by atoms with Gasteiger partial charge in [-0.2, -0.15) is 11.8 Å². The van der Waals surface area contributed by atoms with Gasteiger partial charge in [0.25, 0.3) is 0 Å². The number of aliphatic carboxylic acids is 1. The molecule has 0 saturated carbocycles. The molecule has 0 spiro atoms. The second kappa shape index (κ2) is 8.04. The molecule has 0 aromatic carbocycles. The zero-order valence-electron chi connectivity index (χ0n) is 11.1. The van der Waals surface area contributed by atoms with Crippen LogP contribution in [-0.2, 0) is 9.59 Å². The molecule has 106 valence electrons. The van der Waals surface area contributed by atoms with Crippen molar-refractivity contribution in [1.82, 2.24) is 4.90 Å². The van der Waals surface area contributed by atoms with Crippen LogP contribution in [0.15, 0.2) is 25.3 Å². The molecule has 1 N–H and O–H groups in total. The molecule has 1 atom stereocenters. The maximum absolute atomic E-state index is 12.5. The molecule has 1 unspecified atom stereocenters. The smallest absolute Gasteiger partial charge is 0.305 e. The number of hydrogen-bond donors (Lipinski definition) is 1. The molecule has 1 heterocycles. The van der Waals surface area contributed by atoms with E-state index >= 15 is 0 Å². The number of allylic oxidation sites excluding steroid dienone is 2. The van der Waals surface area contributed by atoms with E-state index < -0.39 is 5.97 Å². The van der Waals surface area contributed by atoms with Gasteiger partial charge in [-0.25, -0.2) is 0 Å². The minimum Gasteiger partial charge on any atom is -0.481 e. The topological polar surface area (TPSA) is 57.6 Å². The highest BCUT2D eigenvalue weighted by Crippen LogP contribution is 2.23. The van der Waals surface area contributed by atoms with E-state index in [1.807, 2.05) is 0 Å². The first-order valence-corrected chi connectivity index (χ1v) is 7.57. The fourth-order valence-electron chi connectivity index (χ4n) is 2.25. The summed E-state index contributed by atoms with van der Waals surface area (Å²) in [6.07, 6.45) is 4.70. The average molecular weight is 283 g/mol. The molecule has 19 heavy (non-hydrogen) atoms. The van der Waals surface area contributed by atoms with Gasteiger partial charge < -0.3 is 10.0 Å². The summed E-state index contributed by atoms with van der Waals surface area (Å²) in [5.41, 5.74) is 0. The lowest BCUT2D eigenvalue weighted by Gasteiger charge is -2.36. The number of carboxylic acids is 1. The molecule has 1 saturated heterocycles. The van der Waals surface area contributed by atoms with E-state index in [1.165, 1.54) is 0 Å². The second-order valence-electron chi connectivity index (χ2n) is 4.60. The number of rotatable bonds is 7. The lowest BCUT2D eigenvalue weighted by atomic mass is 9.98. The third kappa shape index (κ3) is 4.74. The molecule has 0 aliphatic carbocycles. The molecule has 1 rings (SSSR count). The zero-order valence-corrected chi connectivity index (χ0v) is 11.9. The van der Waals surface area contributed by atoms with Crippen LogP contribution in [-0.4, -0.2) is 46.0 Å². The van der Waals surface area contributed by atoms with Crippen LogP contribution in [0.2, 0.25) is 0 Å². The van der Waals surface area contributed by atoms with Crippen LogP contribution in [0.1, 0.15) is 19.3 Å². The van der Waals surface area contributed by atoms with Crippen molar-refractivity contribution in [2.24, 2.45) is 5.92 Å². The summed E-state index contributed by atoms with van der Waals surface area (Å²) in [6.45, 7) is 7.98. The first kappa shape index (κ1) is 15.8. The number of nitrogens with zero attached hydrogens (tertiary/aromatic N) is 1. The molecule has 1 aliphatic rings. The van der Waals surface area contributed by atoms with Gasteiger partial charge in [0.2, 0.25) is 5.91 Å². The van der Waals surface area contributed by atoms with Crippen LogP contribution >= 0.6 is 11.8 Å². The fraction of sp³-hybridized carbons (Fsp3) is 0.571. The van der Waals surface area contributed by atoms with Gasteiger partial charge in [-0.3, -0.25) is 9.59 Å². The molecule has 0 aromatic heterocycles. The molecule has 4 nitrogen and oxygen atoms in total. The van der Waals surface area contributed by atoms with E-state index in [2.05, 4.69) is 13.2 Å². The van der Waals surface area contributed by atoms with Crippen LogP contribution in [0, 0.1) is 5.92 Å². The second-order valence-corrected chi connectivity index (χ2v) is 5.75. The van der Waals surface area contributed by atoms with Crippen molar-refractivity contribution in [3.05, 3.63) is 25.3 Å². The highest BCUT2D eigenvalue weighted by atomic mass is 32.2. The Morgan fingerprint density at radius 2 is 2.00 bits per heavy atom.